The fourth-order valence-electron chi connectivity index (χ4n) is 2.39. The molecule has 2 aromatic heterocycles. The average Bonchev–Trinajstić information content (AvgIpc) is 3.03. The number of thiophene rings is 1. The highest BCUT2D eigenvalue weighted by molar-refractivity contribution is 7.08. The molecule has 1 N–H and O–H groups in total. The SMILES string of the molecule is O=C(NC1CCCN(c2ncccn2)C1)c1ccsc1. The summed E-state index contributed by atoms with van der Waals surface area (Å²) in [7, 11) is 0. The van der Waals surface area contributed by atoms with Crippen LogP contribution in [0.15, 0.2) is 35.3 Å². The van der Waals surface area contributed by atoms with Crippen molar-refractivity contribution in [1.29, 1.82) is 0 Å². The Morgan fingerprint density at radius 1 is 1.40 bits per heavy atom. The largest absolute Gasteiger partial charge is 0.347 e. The van der Waals surface area contributed by atoms with Crippen molar-refractivity contribution in [2.75, 3.05) is 18.0 Å². The van der Waals surface area contributed by atoms with E-state index in [4.69, 9.17) is 0 Å². The Morgan fingerprint density at radius 3 is 3.00 bits per heavy atom. The molecule has 5 nitrogen and oxygen atoms in total. The van der Waals surface area contributed by atoms with Crippen molar-refractivity contribution in [2.45, 2.75) is 18.9 Å². The van der Waals surface area contributed by atoms with E-state index in [-0.39, 0.29) is 11.9 Å². The Kier molecular flexibility index (Phi) is 3.92. The molecule has 0 aromatic carbocycles. The summed E-state index contributed by atoms with van der Waals surface area (Å²) < 4.78 is 0. The first-order valence-corrected chi connectivity index (χ1v) is 7.62. The van der Waals surface area contributed by atoms with E-state index in [2.05, 4.69) is 20.2 Å². The predicted molar refractivity (Wildman–Crippen MR) is 79.1 cm³/mol. The van der Waals surface area contributed by atoms with E-state index in [9.17, 15) is 4.79 Å². The monoisotopic (exact) mass is 288 g/mol. The number of amides is 1. The van der Waals surface area contributed by atoms with E-state index in [0.717, 1.165) is 37.4 Å². The number of carbonyl (C=O) groups excluding carboxylic acids is 1. The number of piperidine rings is 1. The number of aromatic nitrogens is 2. The molecule has 1 aliphatic heterocycles. The van der Waals surface area contributed by atoms with Gasteiger partial charge >= 0.3 is 0 Å². The molecule has 1 atom stereocenters. The predicted octanol–water partition coefficient (Wildman–Crippen LogP) is 1.94. The minimum absolute atomic E-state index is 0.00656. The zero-order chi connectivity index (χ0) is 13.8. The first kappa shape index (κ1) is 13.1. The van der Waals surface area contributed by atoms with Gasteiger partial charge in [-0.1, -0.05) is 0 Å². The van der Waals surface area contributed by atoms with Gasteiger partial charge in [0.25, 0.3) is 5.91 Å². The second-order valence-electron chi connectivity index (χ2n) is 4.82. The smallest absolute Gasteiger partial charge is 0.252 e. The number of hydrogen-bond donors (Lipinski definition) is 1. The Labute approximate surface area is 121 Å². The van der Waals surface area contributed by atoms with Crippen LogP contribution in [0.3, 0.4) is 0 Å². The lowest BCUT2D eigenvalue weighted by molar-refractivity contribution is 0.0933. The van der Waals surface area contributed by atoms with Crippen LogP contribution in [0, 0.1) is 0 Å². The summed E-state index contributed by atoms with van der Waals surface area (Å²) in [5.74, 6) is 0.745. The zero-order valence-electron chi connectivity index (χ0n) is 11.0. The molecule has 1 fully saturated rings. The van der Waals surface area contributed by atoms with Gasteiger partial charge in [-0.05, 0) is 30.4 Å². The minimum Gasteiger partial charge on any atom is -0.347 e. The van der Waals surface area contributed by atoms with E-state index in [1.807, 2.05) is 22.9 Å². The fourth-order valence-corrected chi connectivity index (χ4v) is 3.03. The van der Waals surface area contributed by atoms with Gasteiger partial charge in [0.1, 0.15) is 0 Å². The van der Waals surface area contributed by atoms with Gasteiger partial charge in [-0.3, -0.25) is 4.79 Å². The summed E-state index contributed by atoms with van der Waals surface area (Å²) in [5.41, 5.74) is 0.739. The highest BCUT2D eigenvalue weighted by Crippen LogP contribution is 2.16. The Balaban J connectivity index is 1.62. The molecule has 0 radical (unpaired) electrons. The van der Waals surface area contributed by atoms with Crippen molar-refractivity contribution in [1.82, 2.24) is 15.3 Å². The van der Waals surface area contributed by atoms with Crippen LogP contribution in [0.1, 0.15) is 23.2 Å². The maximum atomic E-state index is 12.1. The highest BCUT2D eigenvalue weighted by Gasteiger charge is 2.23. The third-order valence-corrected chi connectivity index (χ3v) is 4.06. The summed E-state index contributed by atoms with van der Waals surface area (Å²) in [6, 6.07) is 3.81. The summed E-state index contributed by atoms with van der Waals surface area (Å²) in [6.07, 6.45) is 5.53. The van der Waals surface area contributed by atoms with Gasteiger partial charge in [-0.15, -0.1) is 0 Å². The molecule has 104 valence electrons. The molecular formula is C14H16N4OS. The standard InChI is InChI=1S/C14H16N4OS/c19-13(11-4-8-20-10-11)17-12-3-1-7-18(9-12)14-15-5-2-6-16-14/h2,4-6,8,10,12H,1,3,7,9H2,(H,17,19). The van der Waals surface area contributed by atoms with Crippen LogP contribution in [0.4, 0.5) is 5.95 Å². The van der Waals surface area contributed by atoms with E-state index in [1.54, 1.807) is 12.4 Å². The lowest BCUT2D eigenvalue weighted by Crippen LogP contribution is -2.48. The maximum absolute atomic E-state index is 12.1. The second-order valence-corrected chi connectivity index (χ2v) is 5.60. The Morgan fingerprint density at radius 2 is 2.25 bits per heavy atom. The molecule has 6 heteroatoms. The highest BCUT2D eigenvalue weighted by atomic mass is 32.1. The van der Waals surface area contributed by atoms with Crippen molar-refractivity contribution in [3.63, 3.8) is 0 Å². The van der Waals surface area contributed by atoms with Crippen molar-refractivity contribution in [3.05, 3.63) is 40.8 Å². The molecule has 20 heavy (non-hydrogen) atoms. The topological polar surface area (TPSA) is 58.1 Å². The fraction of sp³-hybridized carbons (Fsp3) is 0.357. The van der Waals surface area contributed by atoms with Gasteiger partial charge < -0.3 is 10.2 Å². The van der Waals surface area contributed by atoms with Crippen LogP contribution in [0.5, 0.6) is 0 Å². The molecule has 0 bridgehead atoms. The molecule has 0 aliphatic carbocycles. The molecule has 0 saturated carbocycles. The molecule has 0 spiro atoms. The van der Waals surface area contributed by atoms with Crippen molar-refractivity contribution < 1.29 is 4.79 Å². The molecule has 1 amide bonds. The quantitative estimate of drug-likeness (QED) is 0.937. The van der Waals surface area contributed by atoms with Gasteiger partial charge in [-0.2, -0.15) is 11.3 Å². The Hall–Kier alpha value is -1.95. The van der Waals surface area contributed by atoms with Crippen LogP contribution < -0.4 is 10.2 Å². The van der Waals surface area contributed by atoms with Crippen molar-refractivity contribution in [2.24, 2.45) is 0 Å². The van der Waals surface area contributed by atoms with E-state index in [1.165, 1.54) is 11.3 Å². The minimum atomic E-state index is 0.00656. The normalized spacial score (nSPS) is 18.8. The average molecular weight is 288 g/mol. The van der Waals surface area contributed by atoms with Gasteiger partial charge in [0.15, 0.2) is 0 Å². The van der Waals surface area contributed by atoms with E-state index >= 15 is 0 Å². The Bertz CT molecular complexity index is 558. The van der Waals surface area contributed by atoms with Crippen molar-refractivity contribution in [3.8, 4) is 0 Å². The molecule has 1 saturated heterocycles. The molecule has 2 aromatic rings. The van der Waals surface area contributed by atoms with E-state index < -0.39 is 0 Å². The van der Waals surface area contributed by atoms with Crippen LogP contribution in [0.2, 0.25) is 0 Å². The second kappa shape index (κ2) is 6.00. The van der Waals surface area contributed by atoms with Gasteiger partial charge in [-0.25, -0.2) is 9.97 Å². The van der Waals surface area contributed by atoms with Crippen LogP contribution in [-0.4, -0.2) is 35.0 Å². The van der Waals surface area contributed by atoms with Crippen molar-refractivity contribution >= 4 is 23.2 Å². The van der Waals surface area contributed by atoms with E-state index in [0.29, 0.717) is 0 Å². The molecule has 1 unspecified atom stereocenters. The zero-order valence-corrected chi connectivity index (χ0v) is 11.8. The summed E-state index contributed by atoms with van der Waals surface area (Å²) in [6.45, 7) is 1.70. The lowest BCUT2D eigenvalue weighted by Gasteiger charge is -2.33. The third-order valence-electron chi connectivity index (χ3n) is 3.37. The summed E-state index contributed by atoms with van der Waals surface area (Å²) >= 11 is 1.54. The summed E-state index contributed by atoms with van der Waals surface area (Å²) in [5, 5.41) is 6.88. The lowest BCUT2D eigenvalue weighted by atomic mass is 10.1. The molecule has 3 rings (SSSR count). The number of hydrogen-bond acceptors (Lipinski definition) is 5. The number of rotatable bonds is 3. The number of nitrogens with zero attached hydrogens (tertiary/aromatic N) is 3. The van der Waals surface area contributed by atoms with Crippen LogP contribution in [-0.2, 0) is 0 Å². The molecular weight excluding hydrogens is 272 g/mol. The number of anilines is 1. The first-order chi connectivity index (χ1) is 9.83. The summed E-state index contributed by atoms with van der Waals surface area (Å²) in [4.78, 5) is 22.7. The first-order valence-electron chi connectivity index (χ1n) is 6.68. The third kappa shape index (κ3) is 2.96. The van der Waals surface area contributed by atoms with Crippen LogP contribution >= 0.6 is 11.3 Å². The van der Waals surface area contributed by atoms with Crippen LogP contribution in [0.25, 0.3) is 0 Å². The molecule has 1 aliphatic rings. The maximum Gasteiger partial charge on any atom is 0.252 e. The van der Waals surface area contributed by atoms with Gasteiger partial charge in [0.2, 0.25) is 5.95 Å². The van der Waals surface area contributed by atoms with Gasteiger partial charge in [0.05, 0.1) is 0 Å². The molecule has 3 heterocycles. The number of nitrogens with one attached hydrogen (secondary N) is 1. The number of carbonyl (C=O) groups is 1. The van der Waals surface area contributed by atoms with Gasteiger partial charge in [0, 0.05) is 42.5 Å².